The summed E-state index contributed by atoms with van der Waals surface area (Å²) in [4.78, 5) is 2.13. The van der Waals surface area contributed by atoms with E-state index in [0.29, 0.717) is 6.54 Å². The number of methoxy groups -OCH3 is 1. The van der Waals surface area contributed by atoms with Crippen LogP contribution in [0.2, 0.25) is 5.02 Å². The number of likely N-dealkylation sites (N-methyl/N-ethyl adjacent to an activating group) is 1. The lowest BCUT2D eigenvalue weighted by Crippen LogP contribution is -2.30. The van der Waals surface area contributed by atoms with Gasteiger partial charge in [0.15, 0.2) is 0 Å². The fraction of sp³-hybridized carbons (Fsp3) is 0.250. The Balaban J connectivity index is 2.28. The van der Waals surface area contributed by atoms with Gasteiger partial charge in [-0.2, -0.15) is 0 Å². The van der Waals surface area contributed by atoms with Crippen molar-refractivity contribution in [3.63, 3.8) is 0 Å². The van der Waals surface area contributed by atoms with Gasteiger partial charge in [-0.05, 0) is 35.9 Å². The van der Waals surface area contributed by atoms with E-state index in [9.17, 15) is 0 Å². The maximum absolute atomic E-state index is 6.27. The summed E-state index contributed by atoms with van der Waals surface area (Å²) >= 11 is 6.27. The second-order valence-electron chi connectivity index (χ2n) is 4.58. The van der Waals surface area contributed by atoms with Crippen molar-refractivity contribution in [2.75, 3.05) is 25.6 Å². The van der Waals surface area contributed by atoms with E-state index in [2.05, 4.69) is 4.90 Å². The number of ether oxygens (including phenoxy) is 1. The number of hydrogen-bond donors (Lipinski definition) is 1. The number of benzene rings is 2. The van der Waals surface area contributed by atoms with Crippen LogP contribution in [0.5, 0.6) is 5.75 Å². The molecule has 0 saturated heterocycles. The van der Waals surface area contributed by atoms with Gasteiger partial charge in [-0.25, -0.2) is 0 Å². The molecule has 0 radical (unpaired) electrons. The number of anilines is 1. The molecule has 0 aliphatic heterocycles. The Bertz CT molecular complexity index is 557. The molecule has 20 heavy (non-hydrogen) atoms. The Morgan fingerprint density at radius 1 is 1.15 bits per heavy atom. The zero-order valence-electron chi connectivity index (χ0n) is 11.7. The monoisotopic (exact) mass is 290 g/mol. The SMILES string of the molecule is COc1ccc(N(C)C(CN)c2ccccc2Cl)cc1. The smallest absolute Gasteiger partial charge is 0.119 e. The molecule has 1 unspecified atom stereocenters. The van der Waals surface area contributed by atoms with Crippen molar-refractivity contribution in [2.45, 2.75) is 6.04 Å². The van der Waals surface area contributed by atoms with Crippen molar-refractivity contribution in [3.8, 4) is 5.75 Å². The van der Waals surface area contributed by atoms with Crippen LogP contribution in [0.15, 0.2) is 48.5 Å². The molecule has 2 aromatic rings. The van der Waals surface area contributed by atoms with Gasteiger partial charge in [0.25, 0.3) is 0 Å². The van der Waals surface area contributed by atoms with Crippen LogP contribution in [-0.2, 0) is 0 Å². The summed E-state index contributed by atoms with van der Waals surface area (Å²) < 4.78 is 5.18. The molecule has 0 aliphatic carbocycles. The molecule has 3 nitrogen and oxygen atoms in total. The van der Waals surface area contributed by atoms with Gasteiger partial charge in [-0.3, -0.25) is 0 Å². The average molecular weight is 291 g/mol. The summed E-state index contributed by atoms with van der Waals surface area (Å²) in [6, 6.07) is 15.7. The fourth-order valence-electron chi connectivity index (χ4n) is 2.24. The lowest BCUT2D eigenvalue weighted by molar-refractivity contribution is 0.415. The van der Waals surface area contributed by atoms with E-state index in [1.165, 1.54) is 0 Å². The van der Waals surface area contributed by atoms with Crippen molar-refractivity contribution in [1.29, 1.82) is 0 Å². The molecular formula is C16H19ClN2O. The van der Waals surface area contributed by atoms with Gasteiger partial charge >= 0.3 is 0 Å². The van der Waals surface area contributed by atoms with Crippen molar-refractivity contribution >= 4 is 17.3 Å². The topological polar surface area (TPSA) is 38.5 Å². The highest BCUT2D eigenvalue weighted by atomic mass is 35.5. The van der Waals surface area contributed by atoms with Gasteiger partial charge in [-0.1, -0.05) is 29.8 Å². The standard InChI is InChI=1S/C16H19ClN2O/c1-19(12-7-9-13(20-2)10-8-12)16(11-18)14-5-3-4-6-15(14)17/h3-10,16H,11,18H2,1-2H3. The van der Waals surface area contributed by atoms with E-state index in [0.717, 1.165) is 22.0 Å². The predicted octanol–water partition coefficient (Wildman–Crippen LogP) is 3.48. The first kappa shape index (κ1) is 14.7. The van der Waals surface area contributed by atoms with Gasteiger partial charge in [0, 0.05) is 24.3 Å². The van der Waals surface area contributed by atoms with Gasteiger partial charge in [0.2, 0.25) is 0 Å². The molecule has 4 heteroatoms. The first-order valence-corrected chi connectivity index (χ1v) is 6.86. The summed E-state index contributed by atoms with van der Waals surface area (Å²) in [5.41, 5.74) is 8.05. The largest absolute Gasteiger partial charge is 0.497 e. The summed E-state index contributed by atoms with van der Waals surface area (Å²) in [7, 11) is 3.67. The van der Waals surface area contributed by atoms with E-state index in [1.54, 1.807) is 7.11 Å². The zero-order valence-corrected chi connectivity index (χ0v) is 12.5. The van der Waals surface area contributed by atoms with E-state index in [-0.39, 0.29) is 6.04 Å². The minimum atomic E-state index is 0.0390. The summed E-state index contributed by atoms with van der Waals surface area (Å²) in [5.74, 6) is 0.837. The first-order chi connectivity index (χ1) is 9.67. The Morgan fingerprint density at radius 3 is 2.35 bits per heavy atom. The van der Waals surface area contributed by atoms with Gasteiger partial charge < -0.3 is 15.4 Å². The maximum Gasteiger partial charge on any atom is 0.119 e. The van der Waals surface area contributed by atoms with Crippen LogP contribution >= 0.6 is 11.6 Å². The summed E-state index contributed by atoms with van der Waals surface area (Å²) in [5, 5.41) is 0.739. The Hall–Kier alpha value is -1.71. The number of nitrogens with two attached hydrogens (primary N) is 1. The second-order valence-corrected chi connectivity index (χ2v) is 4.99. The van der Waals surface area contributed by atoms with Crippen LogP contribution in [0, 0.1) is 0 Å². The molecule has 0 heterocycles. The molecule has 1 atom stereocenters. The predicted molar refractivity (Wildman–Crippen MR) is 84.6 cm³/mol. The van der Waals surface area contributed by atoms with Crippen LogP contribution in [-0.4, -0.2) is 20.7 Å². The molecule has 106 valence electrons. The first-order valence-electron chi connectivity index (χ1n) is 6.48. The van der Waals surface area contributed by atoms with Crippen LogP contribution < -0.4 is 15.4 Å². The van der Waals surface area contributed by atoms with Gasteiger partial charge in [0.05, 0.1) is 13.2 Å². The fourth-order valence-corrected chi connectivity index (χ4v) is 2.50. The molecule has 0 saturated carbocycles. The van der Waals surface area contributed by atoms with Crippen LogP contribution in [0.3, 0.4) is 0 Å². The molecular weight excluding hydrogens is 272 g/mol. The Morgan fingerprint density at radius 2 is 1.80 bits per heavy atom. The number of halogens is 1. The molecule has 2 aromatic carbocycles. The van der Waals surface area contributed by atoms with Crippen LogP contribution in [0.25, 0.3) is 0 Å². The number of rotatable bonds is 5. The molecule has 0 amide bonds. The van der Waals surface area contributed by atoms with Gasteiger partial charge in [-0.15, -0.1) is 0 Å². The highest BCUT2D eigenvalue weighted by Crippen LogP contribution is 2.30. The lowest BCUT2D eigenvalue weighted by atomic mass is 10.0. The normalized spacial score (nSPS) is 12.0. The van der Waals surface area contributed by atoms with E-state index in [1.807, 2.05) is 55.6 Å². The average Bonchev–Trinajstić information content (AvgIpc) is 2.50. The van der Waals surface area contributed by atoms with Crippen LogP contribution in [0.4, 0.5) is 5.69 Å². The van der Waals surface area contributed by atoms with Crippen LogP contribution in [0.1, 0.15) is 11.6 Å². The minimum absolute atomic E-state index is 0.0390. The number of nitrogens with zero attached hydrogens (tertiary/aromatic N) is 1. The van der Waals surface area contributed by atoms with Crippen molar-refractivity contribution in [1.82, 2.24) is 0 Å². The molecule has 0 bridgehead atoms. The molecule has 0 fully saturated rings. The van der Waals surface area contributed by atoms with Crippen molar-refractivity contribution < 1.29 is 4.74 Å². The Labute approximate surface area is 124 Å². The zero-order chi connectivity index (χ0) is 14.5. The van der Waals surface area contributed by atoms with Crippen molar-refractivity contribution in [3.05, 3.63) is 59.1 Å². The minimum Gasteiger partial charge on any atom is -0.497 e. The third-order valence-electron chi connectivity index (χ3n) is 3.43. The third-order valence-corrected chi connectivity index (χ3v) is 3.78. The molecule has 0 aliphatic rings. The molecule has 0 spiro atoms. The summed E-state index contributed by atoms with van der Waals surface area (Å²) in [6.45, 7) is 0.492. The second kappa shape index (κ2) is 6.64. The highest BCUT2D eigenvalue weighted by Gasteiger charge is 2.18. The third kappa shape index (κ3) is 3.06. The Kier molecular flexibility index (Phi) is 4.88. The quantitative estimate of drug-likeness (QED) is 0.916. The summed E-state index contributed by atoms with van der Waals surface area (Å²) in [6.07, 6.45) is 0. The lowest BCUT2D eigenvalue weighted by Gasteiger charge is -2.30. The molecule has 0 aromatic heterocycles. The van der Waals surface area contributed by atoms with Crippen molar-refractivity contribution in [2.24, 2.45) is 5.73 Å². The maximum atomic E-state index is 6.27. The highest BCUT2D eigenvalue weighted by molar-refractivity contribution is 6.31. The van der Waals surface area contributed by atoms with E-state index >= 15 is 0 Å². The van der Waals surface area contributed by atoms with Gasteiger partial charge in [0.1, 0.15) is 5.75 Å². The van der Waals surface area contributed by atoms with E-state index < -0.39 is 0 Å². The number of hydrogen-bond acceptors (Lipinski definition) is 3. The molecule has 2 N–H and O–H groups in total. The molecule has 2 rings (SSSR count). The van der Waals surface area contributed by atoms with E-state index in [4.69, 9.17) is 22.1 Å².